The third kappa shape index (κ3) is 6.42. The number of ether oxygens (including phenoxy) is 1. The second-order valence-electron chi connectivity index (χ2n) is 8.11. The molecule has 0 saturated heterocycles. The van der Waals surface area contributed by atoms with Gasteiger partial charge in [0.1, 0.15) is 0 Å². The van der Waals surface area contributed by atoms with Crippen LogP contribution in [-0.2, 0) is 20.7 Å². The number of halogens is 1. The Kier molecular flexibility index (Phi) is 8.79. The molecule has 8 nitrogen and oxygen atoms in total. The van der Waals surface area contributed by atoms with E-state index < -0.39 is 24.0 Å². The van der Waals surface area contributed by atoms with Crippen LogP contribution in [0, 0.1) is 0 Å². The van der Waals surface area contributed by atoms with E-state index in [0.29, 0.717) is 34.0 Å². The first kappa shape index (κ1) is 25.4. The third-order valence-corrected chi connectivity index (χ3v) is 5.74. The lowest BCUT2D eigenvalue weighted by molar-refractivity contribution is -0.155. The number of aliphatic hydroxyl groups excluding tert-OH is 1. The molecule has 0 spiro atoms. The number of nitrogens with one attached hydrogen (secondary N) is 1. The Morgan fingerprint density at radius 1 is 1.21 bits per heavy atom. The molecule has 2 N–H and O–H groups in total. The quantitative estimate of drug-likeness (QED) is 0.395. The number of hydrazone groups is 1. The molecule has 0 radical (unpaired) electrons. The summed E-state index contributed by atoms with van der Waals surface area (Å²) >= 11 is 6.26. The number of benzene rings is 2. The minimum absolute atomic E-state index is 0.129. The molecular formula is C25H28ClN3O5. The number of rotatable bonds is 10. The zero-order valence-electron chi connectivity index (χ0n) is 19.2. The van der Waals surface area contributed by atoms with Crippen LogP contribution in [0.1, 0.15) is 49.0 Å². The first-order chi connectivity index (χ1) is 16.3. The molecule has 2 aromatic carbocycles. The number of hydrogen-bond donors (Lipinski definition) is 2. The molecule has 2 amide bonds. The highest BCUT2D eigenvalue weighted by Gasteiger charge is 2.30. The molecule has 0 unspecified atom stereocenters. The summed E-state index contributed by atoms with van der Waals surface area (Å²) < 4.78 is 5.15. The number of aliphatic hydroxyl groups is 1. The molecule has 1 heterocycles. The molecule has 1 aliphatic rings. The van der Waals surface area contributed by atoms with E-state index >= 15 is 0 Å². The van der Waals surface area contributed by atoms with Crippen LogP contribution in [0.2, 0.25) is 5.02 Å². The minimum Gasteiger partial charge on any atom is -0.464 e. The van der Waals surface area contributed by atoms with Gasteiger partial charge in [0.25, 0.3) is 11.8 Å². The first-order valence-electron chi connectivity index (χ1n) is 11.2. The highest BCUT2D eigenvalue weighted by Crippen LogP contribution is 2.22. The van der Waals surface area contributed by atoms with Crippen LogP contribution in [0.25, 0.3) is 0 Å². The van der Waals surface area contributed by atoms with Crippen molar-refractivity contribution in [1.29, 1.82) is 0 Å². The van der Waals surface area contributed by atoms with Crippen molar-refractivity contribution < 1.29 is 24.2 Å². The zero-order valence-corrected chi connectivity index (χ0v) is 19.9. The van der Waals surface area contributed by atoms with E-state index in [1.807, 2.05) is 6.92 Å². The van der Waals surface area contributed by atoms with Crippen molar-refractivity contribution in [3.63, 3.8) is 0 Å². The smallest absolute Gasteiger partial charge is 0.337 e. The lowest BCUT2D eigenvalue weighted by Gasteiger charge is -2.24. The molecule has 9 heteroatoms. The summed E-state index contributed by atoms with van der Waals surface area (Å²) in [4.78, 5) is 37.4. The average molecular weight is 486 g/mol. The fourth-order valence-electron chi connectivity index (χ4n) is 3.47. The summed E-state index contributed by atoms with van der Waals surface area (Å²) in [7, 11) is 0. The van der Waals surface area contributed by atoms with Crippen LogP contribution in [0.5, 0.6) is 0 Å². The summed E-state index contributed by atoms with van der Waals surface area (Å²) in [6, 6.07) is 12.4. The Balaban J connectivity index is 1.75. The summed E-state index contributed by atoms with van der Waals surface area (Å²) in [5.74, 6) is -1.43. The van der Waals surface area contributed by atoms with Gasteiger partial charge >= 0.3 is 5.97 Å². The Bertz CT molecular complexity index is 1070. The predicted molar refractivity (Wildman–Crippen MR) is 130 cm³/mol. The van der Waals surface area contributed by atoms with E-state index in [4.69, 9.17) is 16.3 Å². The normalized spacial score (nSPS) is 15.0. The Labute approximate surface area is 203 Å². The molecule has 3 rings (SSSR count). The maximum absolute atomic E-state index is 13.0. The summed E-state index contributed by atoms with van der Waals surface area (Å²) in [5, 5.41) is 19.4. The first-order valence-corrected chi connectivity index (χ1v) is 11.5. The molecule has 1 aliphatic heterocycles. The number of unbranched alkanes of at least 4 members (excludes halogenated alkanes) is 1. The number of amides is 2. The molecule has 0 saturated carbocycles. The zero-order chi connectivity index (χ0) is 24.7. The highest BCUT2D eigenvalue weighted by molar-refractivity contribution is 6.31. The van der Waals surface area contributed by atoms with Crippen molar-refractivity contribution in [2.24, 2.45) is 5.10 Å². The van der Waals surface area contributed by atoms with E-state index in [0.717, 1.165) is 6.42 Å². The summed E-state index contributed by atoms with van der Waals surface area (Å²) in [6.45, 7) is 3.93. The maximum atomic E-state index is 13.0. The SMILES string of the molecule is CCCCOC(=O)[C@H](O)[C@@H](Cc1ccccc1Cl)NC(=O)c1ccc(N2N=C(C)CC2=O)cc1. The van der Waals surface area contributed by atoms with E-state index in [2.05, 4.69) is 10.4 Å². The molecular weight excluding hydrogens is 458 g/mol. The van der Waals surface area contributed by atoms with Gasteiger partial charge in [-0.05, 0) is 55.7 Å². The number of hydrogen-bond acceptors (Lipinski definition) is 6. The van der Waals surface area contributed by atoms with E-state index in [1.54, 1.807) is 55.5 Å². The van der Waals surface area contributed by atoms with Crippen LogP contribution >= 0.6 is 11.6 Å². The maximum Gasteiger partial charge on any atom is 0.337 e. The second kappa shape index (κ2) is 11.8. The van der Waals surface area contributed by atoms with Gasteiger partial charge in [-0.15, -0.1) is 0 Å². The number of nitrogens with zero attached hydrogens (tertiary/aromatic N) is 2. The predicted octanol–water partition coefficient (Wildman–Crippen LogP) is 3.50. The van der Waals surface area contributed by atoms with Crippen molar-refractivity contribution >= 4 is 40.8 Å². The van der Waals surface area contributed by atoms with Gasteiger partial charge in [0.15, 0.2) is 6.10 Å². The van der Waals surface area contributed by atoms with Crippen molar-refractivity contribution in [2.45, 2.75) is 51.7 Å². The average Bonchev–Trinajstić information content (AvgIpc) is 3.17. The molecule has 0 bridgehead atoms. The molecule has 34 heavy (non-hydrogen) atoms. The molecule has 0 fully saturated rings. The molecule has 0 aromatic heterocycles. The van der Waals surface area contributed by atoms with Crippen LogP contribution in [0.3, 0.4) is 0 Å². The van der Waals surface area contributed by atoms with Crippen LogP contribution < -0.4 is 10.3 Å². The monoisotopic (exact) mass is 485 g/mol. The number of carbonyl (C=O) groups is 3. The van der Waals surface area contributed by atoms with E-state index in [1.165, 1.54) is 5.01 Å². The summed E-state index contributed by atoms with van der Waals surface area (Å²) in [5.41, 5.74) is 2.23. The minimum atomic E-state index is -1.57. The van der Waals surface area contributed by atoms with Gasteiger partial charge in [0, 0.05) is 16.3 Å². The van der Waals surface area contributed by atoms with Crippen LogP contribution in [0.4, 0.5) is 5.69 Å². The fraction of sp³-hybridized carbons (Fsp3) is 0.360. The Hall–Kier alpha value is -3.23. The molecule has 2 atom stereocenters. The van der Waals surface area contributed by atoms with Crippen molar-refractivity contribution in [2.75, 3.05) is 11.6 Å². The summed E-state index contributed by atoms with van der Waals surface area (Å²) in [6.07, 6.45) is 0.334. The van der Waals surface area contributed by atoms with Gasteiger partial charge in [-0.25, -0.2) is 9.80 Å². The van der Waals surface area contributed by atoms with Gasteiger partial charge in [0.2, 0.25) is 0 Å². The molecule has 180 valence electrons. The topological polar surface area (TPSA) is 108 Å². The van der Waals surface area contributed by atoms with Gasteiger partial charge in [-0.1, -0.05) is 43.1 Å². The standard InChI is InChI=1S/C25H28ClN3O5/c1-3-4-13-34-25(33)23(31)21(15-18-7-5-6-8-20(18)26)27-24(32)17-9-11-19(12-10-17)29-22(30)14-16(2)28-29/h5-12,21,23,31H,3-4,13-15H2,1-2H3,(H,27,32)/t21-,23-/m1/s1. The van der Waals surface area contributed by atoms with Crippen LogP contribution in [0.15, 0.2) is 53.6 Å². The lowest BCUT2D eigenvalue weighted by atomic mass is 10.0. The van der Waals surface area contributed by atoms with Crippen LogP contribution in [-0.4, -0.2) is 47.4 Å². The van der Waals surface area contributed by atoms with Gasteiger partial charge in [-0.2, -0.15) is 5.10 Å². The number of esters is 1. The number of anilines is 1. The lowest BCUT2D eigenvalue weighted by Crippen LogP contribution is -2.49. The van der Waals surface area contributed by atoms with Gasteiger partial charge in [-0.3, -0.25) is 9.59 Å². The Morgan fingerprint density at radius 3 is 2.53 bits per heavy atom. The van der Waals surface area contributed by atoms with Crippen molar-refractivity contribution in [1.82, 2.24) is 5.32 Å². The fourth-order valence-corrected chi connectivity index (χ4v) is 3.69. The highest BCUT2D eigenvalue weighted by atomic mass is 35.5. The van der Waals surface area contributed by atoms with Gasteiger partial charge in [0.05, 0.1) is 24.8 Å². The Morgan fingerprint density at radius 2 is 1.91 bits per heavy atom. The largest absolute Gasteiger partial charge is 0.464 e. The second-order valence-corrected chi connectivity index (χ2v) is 8.51. The van der Waals surface area contributed by atoms with Crippen molar-refractivity contribution in [3.8, 4) is 0 Å². The third-order valence-electron chi connectivity index (χ3n) is 5.37. The van der Waals surface area contributed by atoms with E-state index in [9.17, 15) is 19.5 Å². The number of carbonyl (C=O) groups excluding carboxylic acids is 3. The van der Waals surface area contributed by atoms with Crippen molar-refractivity contribution in [3.05, 3.63) is 64.7 Å². The van der Waals surface area contributed by atoms with E-state index in [-0.39, 0.29) is 25.4 Å². The molecule has 2 aromatic rings. The van der Waals surface area contributed by atoms with Gasteiger partial charge < -0.3 is 15.2 Å². The molecule has 0 aliphatic carbocycles.